The van der Waals surface area contributed by atoms with E-state index in [1.807, 2.05) is 20.8 Å². The summed E-state index contributed by atoms with van der Waals surface area (Å²) in [6.07, 6.45) is 6.56. The molecule has 0 fully saturated rings. The zero-order valence-electron chi connectivity index (χ0n) is 11.8. The molecule has 4 heteroatoms. The fourth-order valence-corrected chi connectivity index (χ4v) is 2.01. The summed E-state index contributed by atoms with van der Waals surface area (Å²) in [5.41, 5.74) is 1.61. The third-order valence-corrected chi connectivity index (χ3v) is 3.01. The van der Waals surface area contributed by atoms with Gasteiger partial charge in [-0.1, -0.05) is 13.8 Å². The van der Waals surface area contributed by atoms with Gasteiger partial charge in [0.25, 0.3) is 0 Å². The maximum atomic E-state index is 12.3. The summed E-state index contributed by atoms with van der Waals surface area (Å²) in [4.78, 5) is 16.3. The molecular formula is C16H17NO3. The monoisotopic (exact) mass is 271 g/mol. The van der Waals surface area contributed by atoms with Gasteiger partial charge in [-0.2, -0.15) is 0 Å². The van der Waals surface area contributed by atoms with Crippen LogP contribution in [0, 0.1) is 5.92 Å². The highest BCUT2D eigenvalue weighted by atomic mass is 16.3. The van der Waals surface area contributed by atoms with Gasteiger partial charge in [0.15, 0.2) is 17.1 Å². The second kappa shape index (κ2) is 5.74. The van der Waals surface area contributed by atoms with Gasteiger partial charge in [0.1, 0.15) is 0 Å². The molecule has 0 amide bonds. The van der Waals surface area contributed by atoms with E-state index in [1.54, 1.807) is 24.6 Å². The molecule has 1 aromatic carbocycles. The minimum absolute atomic E-state index is 0.0186. The van der Waals surface area contributed by atoms with Crippen molar-refractivity contribution in [2.75, 3.05) is 0 Å². The van der Waals surface area contributed by atoms with Crippen molar-refractivity contribution in [1.82, 2.24) is 0 Å². The van der Waals surface area contributed by atoms with Crippen molar-refractivity contribution in [1.29, 1.82) is 0 Å². The molecule has 0 spiro atoms. The lowest BCUT2D eigenvalue weighted by Gasteiger charge is -2.06. The van der Waals surface area contributed by atoms with Crippen LogP contribution in [-0.2, 0) is 0 Å². The zero-order valence-corrected chi connectivity index (χ0v) is 11.8. The molecule has 0 unspecified atom stereocenters. The van der Waals surface area contributed by atoms with E-state index in [1.165, 1.54) is 12.3 Å². The molecule has 1 aromatic heterocycles. The third-order valence-electron chi connectivity index (χ3n) is 3.01. The topological polar surface area (TPSA) is 62.8 Å². The molecule has 20 heavy (non-hydrogen) atoms. The van der Waals surface area contributed by atoms with Gasteiger partial charge in [-0.05, 0) is 25.1 Å². The Balaban J connectivity index is 2.66. The van der Waals surface area contributed by atoms with Crippen LogP contribution in [0.2, 0.25) is 0 Å². The predicted molar refractivity (Wildman–Crippen MR) is 80.2 cm³/mol. The first-order valence-corrected chi connectivity index (χ1v) is 6.48. The van der Waals surface area contributed by atoms with Crippen LogP contribution in [0.4, 0.5) is 0 Å². The summed E-state index contributed by atoms with van der Waals surface area (Å²) in [7, 11) is 0. The molecule has 0 atom stereocenters. The maximum Gasteiger partial charge on any atom is 0.176 e. The number of furan rings is 1. The van der Waals surface area contributed by atoms with E-state index in [0.717, 1.165) is 5.56 Å². The lowest BCUT2D eigenvalue weighted by molar-refractivity contribution is 0.0941. The first kappa shape index (κ1) is 14.1. The molecule has 1 N–H and O–H groups in total. The summed E-state index contributed by atoms with van der Waals surface area (Å²) < 4.78 is 5.38. The fourth-order valence-electron chi connectivity index (χ4n) is 2.01. The van der Waals surface area contributed by atoms with Crippen molar-refractivity contribution in [3.05, 3.63) is 35.7 Å². The Morgan fingerprint density at radius 2 is 2.15 bits per heavy atom. The summed E-state index contributed by atoms with van der Waals surface area (Å²) in [5.74, 6) is -0.0767. The van der Waals surface area contributed by atoms with E-state index in [2.05, 4.69) is 4.99 Å². The quantitative estimate of drug-likeness (QED) is 0.674. The van der Waals surface area contributed by atoms with E-state index in [0.29, 0.717) is 16.5 Å². The average molecular weight is 271 g/mol. The second-order valence-corrected chi connectivity index (χ2v) is 4.77. The minimum Gasteiger partial charge on any atom is -0.504 e. The van der Waals surface area contributed by atoms with Crippen molar-refractivity contribution in [3.8, 4) is 5.75 Å². The van der Waals surface area contributed by atoms with E-state index in [9.17, 15) is 9.90 Å². The van der Waals surface area contributed by atoms with Gasteiger partial charge < -0.3 is 9.52 Å². The van der Waals surface area contributed by atoms with Gasteiger partial charge in [0.2, 0.25) is 0 Å². The number of carbonyl (C=O) groups is 1. The molecule has 0 aliphatic carbocycles. The smallest absolute Gasteiger partial charge is 0.176 e. The number of nitrogens with zero attached hydrogens (tertiary/aromatic N) is 1. The molecule has 2 aromatic rings. The zero-order chi connectivity index (χ0) is 14.7. The van der Waals surface area contributed by atoms with Crippen LogP contribution < -0.4 is 0 Å². The van der Waals surface area contributed by atoms with Crippen molar-refractivity contribution in [3.63, 3.8) is 0 Å². The van der Waals surface area contributed by atoms with Gasteiger partial charge in [0, 0.05) is 34.8 Å². The van der Waals surface area contributed by atoms with Gasteiger partial charge in [0.05, 0.1) is 6.26 Å². The summed E-state index contributed by atoms with van der Waals surface area (Å²) in [6.45, 7) is 5.51. The lowest BCUT2D eigenvalue weighted by Crippen LogP contribution is -2.07. The number of benzene rings is 1. The number of rotatable bonds is 4. The lowest BCUT2D eigenvalue weighted by atomic mass is 9.96. The normalized spacial score (nSPS) is 12.2. The summed E-state index contributed by atoms with van der Waals surface area (Å²) >= 11 is 0. The number of aliphatic imine (C=N–C) groups is 1. The maximum absolute atomic E-state index is 12.3. The van der Waals surface area contributed by atoms with Crippen LogP contribution in [0.3, 0.4) is 0 Å². The Morgan fingerprint density at radius 1 is 1.40 bits per heavy atom. The Labute approximate surface area is 117 Å². The Kier molecular flexibility index (Phi) is 4.03. The van der Waals surface area contributed by atoms with Crippen LogP contribution in [0.15, 0.2) is 34.0 Å². The standard InChI is InChI=1S/C16H17NO3/c1-4-17-8-7-11-9-20-16-13(18)6-5-12(14(11)16)15(19)10(2)3/h4-10,18H,1-3H3. The number of phenols is 1. The van der Waals surface area contributed by atoms with E-state index in [-0.39, 0.29) is 17.5 Å². The molecule has 1 heterocycles. The van der Waals surface area contributed by atoms with Crippen LogP contribution in [-0.4, -0.2) is 17.1 Å². The molecule has 4 nitrogen and oxygen atoms in total. The number of fused-ring (bicyclic) bond motifs is 1. The Bertz CT molecular complexity index is 693. The van der Waals surface area contributed by atoms with E-state index < -0.39 is 0 Å². The SMILES string of the molecule is CC=NC=Cc1coc2c(O)ccc(C(=O)C(C)C)c12. The highest BCUT2D eigenvalue weighted by molar-refractivity contribution is 6.11. The van der Waals surface area contributed by atoms with Gasteiger partial charge in [-0.25, -0.2) is 0 Å². The highest BCUT2D eigenvalue weighted by Crippen LogP contribution is 2.33. The van der Waals surface area contributed by atoms with E-state index >= 15 is 0 Å². The molecule has 0 saturated heterocycles. The number of ketones is 1. The van der Waals surface area contributed by atoms with Crippen LogP contribution in [0.25, 0.3) is 17.0 Å². The van der Waals surface area contributed by atoms with Crippen molar-refractivity contribution in [2.24, 2.45) is 10.9 Å². The number of hydrogen-bond acceptors (Lipinski definition) is 4. The van der Waals surface area contributed by atoms with Crippen LogP contribution >= 0.6 is 0 Å². The molecule has 0 aliphatic rings. The van der Waals surface area contributed by atoms with Gasteiger partial charge in [-0.3, -0.25) is 9.79 Å². The van der Waals surface area contributed by atoms with Crippen molar-refractivity contribution < 1.29 is 14.3 Å². The van der Waals surface area contributed by atoms with Crippen LogP contribution in [0.1, 0.15) is 36.7 Å². The largest absolute Gasteiger partial charge is 0.504 e. The molecule has 0 aliphatic heterocycles. The number of Topliss-reactive ketones (excluding diaryl/α,β-unsaturated/α-hetero) is 1. The molecule has 2 rings (SSSR count). The van der Waals surface area contributed by atoms with Gasteiger partial charge in [-0.15, -0.1) is 0 Å². The van der Waals surface area contributed by atoms with Crippen LogP contribution in [0.5, 0.6) is 5.75 Å². The van der Waals surface area contributed by atoms with E-state index in [4.69, 9.17) is 4.42 Å². The number of aromatic hydroxyl groups is 1. The first-order chi connectivity index (χ1) is 9.56. The first-order valence-electron chi connectivity index (χ1n) is 6.48. The Morgan fingerprint density at radius 3 is 2.80 bits per heavy atom. The number of carbonyl (C=O) groups excluding carboxylic acids is 1. The number of hydrogen-bond donors (Lipinski definition) is 1. The molecule has 0 saturated carbocycles. The molecule has 104 valence electrons. The average Bonchev–Trinajstić information content (AvgIpc) is 2.84. The fraction of sp³-hybridized carbons (Fsp3) is 0.250. The minimum atomic E-state index is -0.122. The summed E-state index contributed by atoms with van der Waals surface area (Å²) in [5, 5.41) is 10.5. The third kappa shape index (κ3) is 2.50. The molecule has 0 bridgehead atoms. The molecular weight excluding hydrogens is 254 g/mol. The summed E-state index contributed by atoms with van der Waals surface area (Å²) in [6, 6.07) is 3.12. The van der Waals surface area contributed by atoms with Crippen molar-refractivity contribution in [2.45, 2.75) is 20.8 Å². The molecule has 0 radical (unpaired) electrons. The highest BCUT2D eigenvalue weighted by Gasteiger charge is 2.19. The van der Waals surface area contributed by atoms with Crippen molar-refractivity contribution >= 4 is 29.0 Å². The number of phenolic OH excluding ortho intramolecular Hbond substituents is 1. The predicted octanol–water partition coefficient (Wildman–Crippen LogP) is 4.04. The second-order valence-electron chi connectivity index (χ2n) is 4.77. The Hall–Kier alpha value is -2.36. The van der Waals surface area contributed by atoms with Gasteiger partial charge >= 0.3 is 0 Å².